The monoisotopic (exact) mass is 611 g/mol. The van der Waals surface area contributed by atoms with Crippen LogP contribution in [0.15, 0.2) is 70.4 Å². The van der Waals surface area contributed by atoms with Gasteiger partial charge in [0, 0.05) is 11.1 Å². The minimum atomic E-state index is -1.08. The van der Waals surface area contributed by atoms with E-state index in [1.54, 1.807) is 41.1 Å². The van der Waals surface area contributed by atoms with E-state index in [-0.39, 0.29) is 24.8 Å². The molecule has 2 aliphatic heterocycles. The van der Waals surface area contributed by atoms with Gasteiger partial charge >= 0.3 is 150 Å². The van der Waals surface area contributed by atoms with Crippen LogP contribution < -0.4 is 24.8 Å². The third-order valence-electron chi connectivity index (χ3n) is 8.07. The first-order valence-corrected chi connectivity index (χ1v) is 17.1. The summed E-state index contributed by atoms with van der Waals surface area (Å²) in [5, 5.41) is 1.66. The first-order chi connectivity index (χ1) is 16.1. The Hall–Kier alpha value is -1.12. The molecule has 0 N–H and O–H groups in total. The fourth-order valence-corrected chi connectivity index (χ4v) is 12.2. The van der Waals surface area contributed by atoms with E-state index in [2.05, 4.69) is 102 Å². The molecule has 0 amide bonds. The summed E-state index contributed by atoms with van der Waals surface area (Å²) in [7, 11) is -1.08. The molecule has 1 nitrogen and oxygen atoms in total. The maximum atomic E-state index is 5.53. The van der Waals surface area contributed by atoms with Crippen LogP contribution >= 0.6 is 0 Å². The van der Waals surface area contributed by atoms with E-state index >= 15 is 0 Å². The maximum Gasteiger partial charge on any atom is 0.115 e. The zero-order valence-corrected chi connectivity index (χ0v) is 27.2. The molecule has 0 radical (unpaired) electrons. The van der Waals surface area contributed by atoms with Gasteiger partial charge in [0.25, 0.3) is 0 Å². The van der Waals surface area contributed by atoms with Crippen LogP contribution in [0.3, 0.4) is 0 Å². The smallest absolute Gasteiger partial charge is 0.115 e. The van der Waals surface area contributed by atoms with Crippen LogP contribution in [0.4, 0.5) is 0 Å². The van der Waals surface area contributed by atoms with Gasteiger partial charge in [-0.25, -0.2) is 0 Å². The zero-order valence-electron chi connectivity index (χ0n) is 22.2. The number of benzene rings is 2. The Bertz CT molecular complexity index is 1310. The fourth-order valence-electron chi connectivity index (χ4n) is 6.32. The summed E-state index contributed by atoms with van der Waals surface area (Å²) in [5.74, 6) is 2.49. The Labute approximate surface area is 245 Å². The van der Waals surface area contributed by atoms with Crippen molar-refractivity contribution in [3.8, 4) is 11.1 Å². The van der Waals surface area contributed by atoms with E-state index < -0.39 is 8.07 Å². The molecule has 187 valence electrons. The third-order valence-corrected chi connectivity index (χ3v) is 13.7. The average molecular weight is 614 g/mol. The van der Waals surface area contributed by atoms with Crippen molar-refractivity contribution >= 4 is 19.3 Å². The van der Waals surface area contributed by atoms with E-state index in [0.29, 0.717) is 21.0 Å². The zero-order chi connectivity index (χ0) is 24.4. The van der Waals surface area contributed by atoms with Crippen molar-refractivity contribution in [3.63, 3.8) is 0 Å². The van der Waals surface area contributed by atoms with Gasteiger partial charge in [-0.2, -0.15) is 0 Å². The second kappa shape index (κ2) is 10.9. The van der Waals surface area contributed by atoms with Gasteiger partial charge in [0.1, 0.15) is 5.76 Å². The number of furan rings is 1. The van der Waals surface area contributed by atoms with Crippen molar-refractivity contribution < 1.29 is 54.0 Å². The molecule has 3 heterocycles. The van der Waals surface area contributed by atoms with Crippen molar-refractivity contribution in [3.05, 3.63) is 94.0 Å². The molecule has 0 spiro atoms. The van der Waals surface area contributed by atoms with E-state index in [0.717, 1.165) is 0 Å². The van der Waals surface area contributed by atoms with Gasteiger partial charge in [-0.05, 0) is 18.2 Å². The average Bonchev–Trinajstić information content (AvgIpc) is 3.50. The molecule has 2 aromatic carbocycles. The van der Waals surface area contributed by atoms with Crippen LogP contribution in [0.1, 0.15) is 77.7 Å². The SMILES string of the molecule is CC(C)C1=Cc2c(-c3ccc(C(C)C)cc3)cccc2[CH]1[Zr+2].CC1=C2c3ccoc3C1[Si]2(C)C.[Cl-].[Cl-]. The van der Waals surface area contributed by atoms with Crippen molar-refractivity contribution in [2.45, 2.75) is 62.8 Å². The standard InChI is InChI=1S/C21H23.C10H12OSi.2ClH.Zr/c1-14(2)16-8-10-17(11-9-16)20-7-5-6-18-12-19(15(3)4)13-21(18)20;1-6-9-7-4-5-11-8(7)10(6)12(9,2)3;;;/h5-15H,1-4H3;4-5,10H,1-3H3;2*1H;/q;;;;+2/p-2. The summed E-state index contributed by atoms with van der Waals surface area (Å²) in [6, 6.07) is 18.0. The Morgan fingerprint density at radius 1 is 0.861 bits per heavy atom. The molecule has 0 saturated carbocycles. The molecule has 36 heavy (non-hydrogen) atoms. The molecule has 0 fully saturated rings. The van der Waals surface area contributed by atoms with Crippen LogP contribution in [-0.2, 0) is 24.7 Å². The summed E-state index contributed by atoms with van der Waals surface area (Å²) in [4.78, 5) is 0. The van der Waals surface area contributed by atoms with Gasteiger partial charge in [0.2, 0.25) is 0 Å². The van der Waals surface area contributed by atoms with Gasteiger partial charge in [-0.3, -0.25) is 0 Å². The van der Waals surface area contributed by atoms with Crippen LogP contribution in [0.2, 0.25) is 13.1 Å². The van der Waals surface area contributed by atoms with E-state index in [1.165, 1.54) is 39.1 Å². The normalized spacial score (nSPS) is 20.0. The summed E-state index contributed by atoms with van der Waals surface area (Å²) in [6.45, 7) is 16.3. The fraction of sp³-hybridized carbons (Fsp3) is 0.355. The molecular weight excluding hydrogens is 579 g/mol. The van der Waals surface area contributed by atoms with E-state index in [4.69, 9.17) is 4.42 Å². The molecule has 0 saturated heterocycles. The minimum absolute atomic E-state index is 0. The van der Waals surface area contributed by atoms with Gasteiger partial charge in [-0.1, -0.05) is 18.7 Å². The van der Waals surface area contributed by atoms with Crippen molar-refractivity contribution in [2.24, 2.45) is 5.92 Å². The number of hydrogen-bond donors (Lipinski definition) is 0. The second-order valence-electron chi connectivity index (χ2n) is 11.2. The van der Waals surface area contributed by atoms with Crippen LogP contribution in [0.25, 0.3) is 22.4 Å². The first-order valence-electron chi connectivity index (χ1n) is 12.6. The Kier molecular flexibility index (Phi) is 8.94. The topological polar surface area (TPSA) is 13.1 Å². The summed E-state index contributed by atoms with van der Waals surface area (Å²) < 4.78 is 6.17. The summed E-state index contributed by atoms with van der Waals surface area (Å²) >= 11 is 1.60. The third kappa shape index (κ3) is 4.64. The molecule has 2 aliphatic carbocycles. The predicted molar refractivity (Wildman–Crippen MR) is 143 cm³/mol. The molecule has 7 rings (SSSR count). The van der Waals surface area contributed by atoms with Gasteiger partial charge < -0.3 is 29.2 Å². The van der Waals surface area contributed by atoms with E-state index in [1.807, 2.05) is 6.26 Å². The van der Waals surface area contributed by atoms with Crippen molar-refractivity contribution in [1.29, 1.82) is 0 Å². The Morgan fingerprint density at radius 2 is 1.53 bits per heavy atom. The molecule has 2 bridgehead atoms. The molecule has 4 aliphatic rings. The number of fused-ring (bicyclic) bond motifs is 1. The number of allylic oxidation sites excluding steroid dienone is 2. The minimum Gasteiger partial charge on any atom is -1.00 e. The molecule has 1 aromatic heterocycles. The molecule has 2 unspecified atom stereocenters. The van der Waals surface area contributed by atoms with Crippen LogP contribution in [-0.4, -0.2) is 8.07 Å². The first kappa shape index (κ1) is 29.4. The van der Waals surface area contributed by atoms with Crippen molar-refractivity contribution in [2.75, 3.05) is 0 Å². The van der Waals surface area contributed by atoms with Gasteiger partial charge in [-0.15, -0.1) is 0 Å². The molecule has 3 aromatic rings. The number of rotatable bonds is 3. The predicted octanol–water partition coefficient (Wildman–Crippen LogP) is 3.08. The number of hydrogen-bond acceptors (Lipinski definition) is 1. The Balaban J connectivity index is 0.000000218. The quantitative estimate of drug-likeness (QED) is 0.414. The summed E-state index contributed by atoms with van der Waals surface area (Å²) in [6.07, 6.45) is 4.28. The molecule has 2 atom stereocenters. The van der Waals surface area contributed by atoms with Gasteiger partial charge in [0.05, 0.1) is 14.3 Å². The molecular formula is C31H35Cl2OSiZr. The maximum absolute atomic E-state index is 5.53. The van der Waals surface area contributed by atoms with E-state index in [9.17, 15) is 0 Å². The number of halogens is 2. The van der Waals surface area contributed by atoms with Crippen LogP contribution in [0, 0.1) is 5.92 Å². The van der Waals surface area contributed by atoms with Crippen LogP contribution in [0.5, 0.6) is 0 Å². The second-order valence-corrected chi connectivity index (χ2v) is 17.2. The summed E-state index contributed by atoms with van der Waals surface area (Å²) in [5.41, 5.74) is 12.4. The van der Waals surface area contributed by atoms with Gasteiger partial charge in [0.15, 0.2) is 0 Å². The largest absolute Gasteiger partial charge is 1.00 e. The van der Waals surface area contributed by atoms with Crippen molar-refractivity contribution in [1.82, 2.24) is 0 Å². The molecule has 5 heteroatoms. The Morgan fingerprint density at radius 3 is 2.08 bits per heavy atom.